The summed E-state index contributed by atoms with van der Waals surface area (Å²) in [4.78, 5) is 43.5. The van der Waals surface area contributed by atoms with Gasteiger partial charge in [-0.3, -0.25) is 14.5 Å². The SMILES string of the molecule is Cc1cccc(NC(=O)N2CCCC(C(=O)N3CCN(CC(=O)NC4CC4)CC3)C2)c1. The van der Waals surface area contributed by atoms with Crippen LogP contribution in [0.5, 0.6) is 0 Å². The average molecular weight is 428 g/mol. The Labute approximate surface area is 183 Å². The summed E-state index contributed by atoms with van der Waals surface area (Å²) in [7, 11) is 0. The van der Waals surface area contributed by atoms with Crippen LogP contribution in [0.4, 0.5) is 10.5 Å². The number of aryl methyl sites for hydroxylation is 1. The fraction of sp³-hybridized carbons (Fsp3) is 0.609. The summed E-state index contributed by atoms with van der Waals surface area (Å²) >= 11 is 0. The van der Waals surface area contributed by atoms with Crippen molar-refractivity contribution >= 4 is 23.5 Å². The number of piperazine rings is 1. The minimum absolute atomic E-state index is 0.0878. The molecular formula is C23H33N5O3. The highest BCUT2D eigenvalue weighted by atomic mass is 16.2. The topological polar surface area (TPSA) is 85.0 Å². The Morgan fingerprint density at radius 1 is 1.00 bits per heavy atom. The van der Waals surface area contributed by atoms with Gasteiger partial charge >= 0.3 is 6.03 Å². The molecule has 2 heterocycles. The smallest absolute Gasteiger partial charge is 0.321 e. The molecule has 31 heavy (non-hydrogen) atoms. The minimum Gasteiger partial charge on any atom is -0.352 e. The molecule has 3 fully saturated rings. The van der Waals surface area contributed by atoms with E-state index < -0.39 is 0 Å². The maximum Gasteiger partial charge on any atom is 0.321 e. The molecule has 8 nitrogen and oxygen atoms in total. The molecule has 8 heteroatoms. The number of nitrogens with one attached hydrogen (secondary N) is 2. The molecule has 1 aromatic carbocycles. The Balaban J connectivity index is 1.24. The van der Waals surface area contributed by atoms with Crippen LogP contribution < -0.4 is 10.6 Å². The number of hydrogen-bond donors (Lipinski definition) is 2. The summed E-state index contributed by atoms with van der Waals surface area (Å²) in [5.41, 5.74) is 1.87. The van der Waals surface area contributed by atoms with Crippen LogP contribution in [0.1, 0.15) is 31.2 Å². The highest BCUT2D eigenvalue weighted by Gasteiger charge is 2.33. The number of carbonyl (C=O) groups is 3. The van der Waals surface area contributed by atoms with Gasteiger partial charge in [0.2, 0.25) is 11.8 Å². The molecule has 2 N–H and O–H groups in total. The normalized spacial score (nSPS) is 22.2. The van der Waals surface area contributed by atoms with Crippen LogP contribution in [0.15, 0.2) is 24.3 Å². The third-order valence-corrected chi connectivity index (χ3v) is 6.32. The van der Waals surface area contributed by atoms with E-state index in [2.05, 4.69) is 15.5 Å². The van der Waals surface area contributed by atoms with Gasteiger partial charge in [0.1, 0.15) is 0 Å². The first-order valence-electron chi connectivity index (χ1n) is 11.4. The molecule has 1 saturated carbocycles. The van der Waals surface area contributed by atoms with Crippen LogP contribution in [-0.2, 0) is 9.59 Å². The lowest BCUT2D eigenvalue weighted by atomic mass is 9.96. The Bertz CT molecular complexity index is 817. The van der Waals surface area contributed by atoms with Crippen LogP contribution in [-0.4, -0.2) is 84.4 Å². The third kappa shape index (κ3) is 5.97. The number of anilines is 1. The second kappa shape index (κ2) is 9.68. The second-order valence-corrected chi connectivity index (χ2v) is 9.03. The van der Waals surface area contributed by atoms with E-state index in [-0.39, 0.29) is 23.8 Å². The fourth-order valence-corrected chi connectivity index (χ4v) is 4.38. The lowest BCUT2D eigenvalue weighted by Gasteiger charge is -2.38. The molecule has 1 aromatic rings. The van der Waals surface area contributed by atoms with E-state index in [0.717, 1.165) is 36.9 Å². The first kappa shape index (κ1) is 21.6. The van der Waals surface area contributed by atoms with Gasteiger partial charge in [-0.15, -0.1) is 0 Å². The predicted octanol–water partition coefficient (Wildman–Crippen LogP) is 1.66. The Morgan fingerprint density at radius 2 is 1.77 bits per heavy atom. The van der Waals surface area contributed by atoms with Crippen molar-refractivity contribution in [2.45, 2.75) is 38.6 Å². The number of piperidine rings is 1. The van der Waals surface area contributed by atoms with Crippen molar-refractivity contribution in [2.24, 2.45) is 5.92 Å². The van der Waals surface area contributed by atoms with Gasteiger partial charge in [-0.05, 0) is 50.3 Å². The van der Waals surface area contributed by atoms with E-state index in [1.165, 1.54) is 0 Å². The number of nitrogens with zero attached hydrogens (tertiary/aromatic N) is 3. The number of benzene rings is 1. The lowest BCUT2D eigenvalue weighted by Crippen LogP contribution is -2.54. The van der Waals surface area contributed by atoms with E-state index in [1.54, 1.807) is 4.90 Å². The molecule has 4 amide bonds. The van der Waals surface area contributed by atoms with Crippen molar-refractivity contribution in [3.05, 3.63) is 29.8 Å². The molecule has 0 bridgehead atoms. The maximum absolute atomic E-state index is 13.1. The number of amides is 4. The quantitative estimate of drug-likeness (QED) is 0.749. The summed E-state index contributed by atoms with van der Waals surface area (Å²) in [5.74, 6) is 0.0710. The van der Waals surface area contributed by atoms with Gasteiger partial charge in [0, 0.05) is 51.0 Å². The molecule has 1 aliphatic carbocycles. The zero-order valence-electron chi connectivity index (χ0n) is 18.3. The van der Waals surface area contributed by atoms with Crippen LogP contribution in [0.2, 0.25) is 0 Å². The standard InChI is InChI=1S/C23H33N5O3/c1-17-4-2-6-20(14-17)25-23(31)28-9-3-5-18(15-28)22(30)27-12-10-26(11-13-27)16-21(29)24-19-7-8-19/h2,4,6,14,18-19H,3,5,7-13,15-16H2,1H3,(H,24,29)(H,25,31). The summed E-state index contributed by atoms with van der Waals surface area (Å²) in [5, 5.41) is 5.97. The van der Waals surface area contributed by atoms with E-state index in [9.17, 15) is 14.4 Å². The second-order valence-electron chi connectivity index (χ2n) is 9.03. The molecule has 1 atom stereocenters. The van der Waals surface area contributed by atoms with Gasteiger partial charge in [-0.2, -0.15) is 0 Å². The molecule has 0 spiro atoms. The molecule has 168 valence electrons. The number of carbonyl (C=O) groups excluding carboxylic acids is 3. The van der Waals surface area contributed by atoms with Crippen LogP contribution in [0.25, 0.3) is 0 Å². The van der Waals surface area contributed by atoms with Crippen molar-refractivity contribution < 1.29 is 14.4 Å². The highest BCUT2D eigenvalue weighted by molar-refractivity contribution is 5.90. The van der Waals surface area contributed by atoms with E-state index in [1.807, 2.05) is 36.1 Å². The molecule has 0 aromatic heterocycles. The van der Waals surface area contributed by atoms with Gasteiger partial charge in [-0.25, -0.2) is 4.79 Å². The van der Waals surface area contributed by atoms with Crippen molar-refractivity contribution in [2.75, 3.05) is 51.1 Å². The molecule has 2 aliphatic heterocycles. The summed E-state index contributed by atoms with van der Waals surface area (Å²) in [6, 6.07) is 7.96. The molecule has 0 radical (unpaired) electrons. The van der Waals surface area contributed by atoms with Crippen molar-refractivity contribution in [3.8, 4) is 0 Å². The number of rotatable bonds is 5. The fourth-order valence-electron chi connectivity index (χ4n) is 4.38. The lowest BCUT2D eigenvalue weighted by molar-refractivity contribution is -0.138. The van der Waals surface area contributed by atoms with E-state index in [0.29, 0.717) is 51.9 Å². The van der Waals surface area contributed by atoms with E-state index in [4.69, 9.17) is 0 Å². The van der Waals surface area contributed by atoms with Gasteiger partial charge < -0.3 is 20.4 Å². The van der Waals surface area contributed by atoms with Crippen LogP contribution in [0.3, 0.4) is 0 Å². The molecule has 4 rings (SSSR count). The third-order valence-electron chi connectivity index (χ3n) is 6.32. The van der Waals surface area contributed by atoms with Gasteiger partial charge in [0.25, 0.3) is 0 Å². The monoisotopic (exact) mass is 427 g/mol. The van der Waals surface area contributed by atoms with Crippen LogP contribution >= 0.6 is 0 Å². The summed E-state index contributed by atoms with van der Waals surface area (Å²) < 4.78 is 0. The number of urea groups is 1. The first-order chi connectivity index (χ1) is 15.0. The molecular weight excluding hydrogens is 394 g/mol. The van der Waals surface area contributed by atoms with Crippen LogP contribution in [0, 0.1) is 12.8 Å². The Kier molecular flexibility index (Phi) is 6.75. The zero-order valence-corrected chi connectivity index (χ0v) is 18.3. The van der Waals surface area contributed by atoms with Gasteiger partial charge in [0.15, 0.2) is 0 Å². The first-order valence-corrected chi connectivity index (χ1v) is 11.4. The van der Waals surface area contributed by atoms with E-state index >= 15 is 0 Å². The molecule has 2 saturated heterocycles. The zero-order chi connectivity index (χ0) is 21.8. The number of likely N-dealkylation sites (tertiary alicyclic amines) is 1. The average Bonchev–Trinajstić information content (AvgIpc) is 3.58. The molecule has 1 unspecified atom stereocenters. The molecule has 3 aliphatic rings. The van der Waals surface area contributed by atoms with Crippen molar-refractivity contribution in [1.82, 2.24) is 20.0 Å². The van der Waals surface area contributed by atoms with Gasteiger partial charge in [-0.1, -0.05) is 12.1 Å². The largest absolute Gasteiger partial charge is 0.352 e. The minimum atomic E-state index is -0.151. The summed E-state index contributed by atoms with van der Waals surface area (Å²) in [6.07, 6.45) is 3.83. The predicted molar refractivity (Wildman–Crippen MR) is 119 cm³/mol. The Hall–Kier alpha value is -2.61. The maximum atomic E-state index is 13.1. The highest BCUT2D eigenvalue weighted by Crippen LogP contribution is 2.21. The Morgan fingerprint density at radius 3 is 2.48 bits per heavy atom. The van der Waals surface area contributed by atoms with Crippen molar-refractivity contribution in [3.63, 3.8) is 0 Å². The number of hydrogen-bond acceptors (Lipinski definition) is 4. The van der Waals surface area contributed by atoms with Gasteiger partial charge in [0.05, 0.1) is 12.5 Å². The van der Waals surface area contributed by atoms with Crippen molar-refractivity contribution in [1.29, 1.82) is 0 Å². The summed E-state index contributed by atoms with van der Waals surface area (Å²) in [6.45, 7) is 6.25.